The molecule has 3 aromatic rings. The van der Waals surface area contributed by atoms with Crippen LogP contribution in [-0.2, 0) is 15.9 Å². The number of rotatable bonds is 9. The third-order valence-corrected chi connectivity index (χ3v) is 8.19. The number of aryl methyl sites for hydroxylation is 1. The Balaban J connectivity index is 1.52. The highest BCUT2D eigenvalue weighted by Gasteiger charge is 2.31. The molecule has 4 rings (SSSR count). The minimum absolute atomic E-state index is 0.0103. The van der Waals surface area contributed by atoms with E-state index in [0.29, 0.717) is 11.5 Å². The summed E-state index contributed by atoms with van der Waals surface area (Å²) < 4.78 is 50.9. The number of hydrogen-bond donors (Lipinski definition) is 2. The number of carbonyl (C=O) groups excluding carboxylic acids is 2. The van der Waals surface area contributed by atoms with E-state index in [1.54, 1.807) is 23.5 Å². The van der Waals surface area contributed by atoms with Gasteiger partial charge >= 0.3 is 12.1 Å². The second kappa shape index (κ2) is 12.6. The molecule has 1 unspecified atom stereocenters. The quantitative estimate of drug-likeness (QED) is 0.259. The van der Waals surface area contributed by atoms with Gasteiger partial charge in [0, 0.05) is 32.1 Å². The molecule has 0 spiro atoms. The highest BCUT2D eigenvalue weighted by molar-refractivity contribution is 7.15. The maximum Gasteiger partial charge on any atom is 0.416 e. The maximum absolute atomic E-state index is 13.0. The topological polar surface area (TPSA) is 67.4 Å². The zero-order chi connectivity index (χ0) is 28.0. The van der Waals surface area contributed by atoms with E-state index in [2.05, 4.69) is 21.6 Å². The maximum atomic E-state index is 13.0. The molecule has 0 radical (unpaired) electrons. The Kier molecular flexibility index (Phi) is 9.27. The van der Waals surface area contributed by atoms with Crippen LogP contribution in [0.2, 0.25) is 0 Å². The van der Waals surface area contributed by atoms with E-state index in [4.69, 9.17) is 0 Å². The van der Waals surface area contributed by atoms with Crippen molar-refractivity contribution in [1.29, 1.82) is 0 Å². The van der Waals surface area contributed by atoms with Gasteiger partial charge in [0.25, 0.3) is 5.91 Å². The van der Waals surface area contributed by atoms with Gasteiger partial charge < -0.3 is 10.6 Å². The van der Waals surface area contributed by atoms with Crippen LogP contribution < -0.4 is 10.6 Å². The number of halogens is 4. The van der Waals surface area contributed by atoms with Gasteiger partial charge in [0.05, 0.1) is 18.0 Å². The first-order valence-electron chi connectivity index (χ1n) is 12.9. The van der Waals surface area contributed by atoms with Crippen molar-refractivity contribution in [3.8, 4) is 10.4 Å². The lowest BCUT2D eigenvalue weighted by atomic mass is 9.81. The summed E-state index contributed by atoms with van der Waals surface area (Å²) in [4.78, 5) is 28.3. The lowest BCUT2D eigenvalue weighted by molar-refractivity contribution is -0.183. The molecule has 1 amide bonds. The van der Waals surface area contributed by atoms with Gasteiger partial charge in [0.15, 0.2) is 0 Å². The van der Waals surface area contributed by atoms with Gasteiger partial charge in [-0.2, -0.15) is 13.2 Å². The number of alkyl halides is 3. The molecule has 2 aromatic carbocycles. The van der Waals surface area contributed by atoms with E-state index in [1.807, 2.05) is 19.1 Å². The number of nitrogens with one attached hydrogen (secondary N) is 2. The van der Waals surface area contributed by atoms with Gasteiger partial charge in [-0.25, -0.2) is 4.79 Å². The predicted molar refractivity (Wildman–Crippen MR) is 143 cm³/mol. The monoisotopic (exact) mass is 562 g/mol. The third-order valence-electron chi connectivity index (χ3n) is 7.08. The van der Waals surface area contributed by atoms with Crippen molar-refractivity contribution in [1.82, 2.24) is 5.32 Å². The van der Waals surface area contributed by atoms with Gasteiger partial charge in [-0.15, -0.1) is 11.3 Å². The minimum Gasteiger partial charge on any atom is -0.378 e. The molecular formula is C29H30F4N2O3S. The van der Waals surface area contributed by atoms with Crippen molar-refractivity contribution in [2.75, 3.05) is 11.9 Å². The van der Waals surface area contributed by atoms with Crippen LogP contribution in [0.25, 0.3) is 10.4 Å². The fourth-order valence-electron chi connectivity index (χ4n) is 5.00. The van der Waals surface area contributed by atoms with E-state index < -0.39 is 17.7 Å². The summed E-state index contributed by atoms with van der Waals surface area (Å²) >= 11 is 1.57. The first-order valence-corrected chi connectivity index (χ1v) is 13.7. The van der Waals surface area contributed by atoms with Crippen LogP contribution in [0, 0.1) is 12.8 Å². The zero-order valence-corrected chi connectivity index (χ0v) is 22.3. The first kappa shape index (κ1) is 28.6. The molecule has 0 saturated heterocycles. The minimum atomic E-state index is -4.37. The van der Waals surface area contributed by atoms with Crippen LogP contribution in [0.3, 0.4) is 0 Å². The van der Waals surface area contributed by atoms with E-state index in [1.165, 1.54) is 18.6 Å². The molecule has 0 aliphatic heterocycles. The average Bonchev–Trinajstić information content (AvgIpc) is 3.33. The number of carbonyl (C=O) groups is 2. The Hall–Kier alpha value is -3.40. The van der Waals surface area contributed by atoms with Crippen LogP contribution in [0.5, 0.6) is 0 Å². The van der Waals surface area contributed by atoms with Gasteiger partial charge in [0.1, 0.15) is 0 Å². The van der Waals surface area contributed by atoms with Gasteiger partial charge in [-0.3, -0.25) is 9.74 Å². The van der Waals surface area contributed by atoms with E-state index in [0.717, 1.165) is 64.4 Å². The summed E-state index contributed by atoms with van der Waals surface area (Å²) in [7, 11) is 0. The molecule has 5 nitrogen and oxygen atoms in total. The standard InChI is InChI=1S/C29H30F4N2O3S/c1-18-24(17-25(39-18)19-7-11-22(12-8-19)29(30,31)32)27(20-5-3-2-4-6-20)35-23-13-9-21(10-14-23)28(37)34-16-15-26(36)38-33/h7-14,17,20,27,35H,2-6,15-16H2,1H3,(H,34,37). The molecule has 1 aliphatic carbocycles. The molecule has 1 atom stereocenters. The van der Waals surface area contributed by atoms with Crippen molar-refractivity contribution in [2.24, 2.45) is 5.92 Å². The summed E-state index contributed by atoms with van der Waals surface area (Å²) in [5, 5.41) is 6.21. The summed E-state index contributed by atoms with van der Waals surface area (Å²) in [6.07, 6.45) is 1.01. The molecular weight excluding hydrogens is 532 g/mol. The number of anilines is 1. The van der Waals surface area contributed by atoms with E-state index in [9.17, 15) is 27.3 Å². The van der Waals surface area contributed by atoms with Crippen LogP contribution in [-0.4, -0.2) is 18.4 Å². The average molecular weight is 563 g/mol. The Morgan fingerprint density at radius 3 is 2.31 bits per heavy atom. The fourth-order valence-corrected chi connectivity index (χ4v) is 6.08. The second-order valence-corrected chi connectivity index (χ2v) is 11.0. The molecule has 1 saturated carbocycles. The molecule has 1 fully saturated rings. The van der Waals surface area contributed by atoms with Crippen LogP contribution in [0.15, 0.2) is 54.6 Å². The highest BCUT2D eigenvalue weighted by atomic mass is 32.1. The first-order chi connectivity index (χ1) is 18.7. The van der Waals surface area contributed by atoms with Crippen molar-refractivity contribution >= 4 is 28.9 Å². The molecule has 1 aromatic heterocycles. The third kappa shape index (κ3) is 7.38. The lowest BCUT2D eigenvalue weighted by Gasteiger charge is -2.32. The number of thiophene rings is 1. The summed E-state index contributed by atoms with van der Waals surface area (Å²) in [5.41, 5.74) is 2.45. The van der Waals surface area contributed by atoms with E-state index in [-0.39, 0.29) is 24.9 Å². The second-order valence-electron chi connectivity index (χ2n) is 9.75. The fraction of sp³-hybridized carbons (Fsp3) is 0.379. The Morgan fingerprint density at radius 1 is 1.03 bits per heavy atom. The highest BCUT2D eigenvalue weighted by Crippen LogP contribution is 2.42. The van der Waals surface area contributed by atoms with Crippen molar-refractivity contribution < 1.29 is 32.2 Å². The predicted octanol–water partition coefficient (Wildman–Crippen LogP) is 8.02. The molecule has 208 valence electrons. The Morgan fingerprint density at radius 2 is 1.69 bits per heavy atom. The molecule has 0 bridgehead atoms. The number of hydrogen-bond acceptors (Lipinski definition) is 5. The Bertz CT molecular complexity index is 1270. The van der Waals surface area contributed by atoms with Gasteiger partial charge in [-0.1, -0.05) is 31.4 Å². The molecule has 39 heavy (non-hydrogen) atoms. The summed E-state index contributed by atoms with van der Waals surface area (Å²) in [5.74, 6) is -1.04. The van der Waals surface area contributed by atoms with Crippen molar-refractivity contribution in [2.45, 2.75) is 57.7 Å². The van der Waals surface area contributed by atoms with Crippen LogP contribution in [0.1, 0.15) is 70.9 Å². The molecule has 1 aliphatic rings. The Labute approximate surface area is 228 Å². The lowest BCUT2D eigenvalue weighted by Crippen LogP contribution is -2.26. The van der Waals surface area contributed by atoms with Gasteiger partial charge in [0.2, 0.25) is 0 Å². The van der Waals surface area contributed by atoms with Crippen LogP contribution in [0.4, 0.5) is 23.4 Å². The normalized spacial score (nSPS) is 15.0. The van der Waals surface area contributed by atoms with Crippen molar-refractivity contribution in [3.63, 3.8) is 0 Å². The summed E-state index contributed by atoms with van der Waals surface area (Å²) in [6, 6.07) is 14.4. The molecule has 10 heteroatoms. The van der Waals surface area contributed by atoms with Gasteiger partial charge in [-0.05, 0) is 79.3 Å². The molecule has 2 N–H and O–H groups in total. The number of benzene rings is 2. The number of amides is 1. The zero-order valence-electron chi connectivity index (χ0n) is 21.4. The van der Waals surface area contributed by atoms with E-state index >= 15 is 0 Å². The summed E-state index contributed by atoms with van der Waals surface area (Å²) in [6.45, 7) is 2.00. The smallest absolute Gasteiger partial charge is 0.378 e. The molecule has 1 heterocycles. The largest absolute Gasteiger partial charge is 0.416 e. The SMILES string of the molecule is Cc1sc(-c2ccc(C(F)(F)F)cc2)cc1C(Nc1ccc(C(=O)NCCC(=O)OF)cc1)C1CCCCC1. The van der Waals surface area contributed by atoms with Crippen LogP contribution >= 0.6 is 11.3 Å². The van der Waals surface area contributed by atoms with Crippen molar-refractivity contribution in [3.05, 3.63) is 76.2 Å².